The predicted molar refractivity (Wildman–Crippen MR) is 119 cm³/mol. The third kappa shape index (κ3) is 5.08. The Morgan fingerprint density at radius 1 is 1.09 bits per heavy atom. The highest BCUT2D eigenvalue weighted by Crippen LogP contribution is 2.32. The lowest BCUT2D eigenvalue weighted by molar-refractivity contribution is -0.119. The molecule has 0 bridgehead atoms. The zero-order chi connectivity index (χ0) is 23.8. The molecule has 8 nitrogen and oxygen atoms in total. The van der Waals surface area contributed by atoms with E-state index in [9.17, 15) is 26.8 Å². The number of hydrogen-bond donors (Lipinski definition) is 1. The molecular formula is C22H23F2N3O5S. The van der Waals surface area contributed by atoms with Crippen molar-refractivity contribution in [3.8, 4) is 11.1 Å². The summed E-state index contributed by atoms with van der Waals surface area (Å²) in [4.78, 5) is 26.0. The van der Waals surface area contributed by atoms with Crippen molar-refractivity contribution in [1.82, 2.24) is 5.32 Å². The Kier molecular flexibility index (Phi) is 6.24. The summed E-state index contributed by atoms with van der Waals surface area (Å²) in [5, 5.41) is 2.61. The molecule has 2 aliphatic heterocycles. The van der Waals surface area contributed by atoms with Gasteiger partial charge in [0, 0.05) is 25.7 Å². The van der Waals surface area contributed by atoms with Crippen molar-refractivity contribution in [2.45, 2.75) is 13.0 Å². The number of nitrogens with zero attached hydrogens (tertiary/aromatic N) is 2. The number of hydrogen-bond acceptors (Lipinski definition) is 6. The van der Waals surface area contributed by atoms with Crippen LogP contribution in [0.4, 0.5) is 25.0 Å². The summed E-state index contributed by atoms with van der Waals surface area (Å²) in [7, 11) is -3.17. The van der Waals surface area contributed by atoms with E-state index < -0.39 is 33.7 Å². The fourth-order valence-electron chi connectivity index (χ4n) is 3.90. The highest BCUT2D eigenvalue weighted by molar-refractivity contribution is 7.91. The normalized spacial score (nSPS) is 20.0. The smallest absolute Gasteiger partial charge is 0.414 e. The molecule has 4 rings (SSSR count). The first-order chi connectivity index (χ1) is 15.6. The van der Waals surface area contributed by atoms with Crippen LogP contribution >= 0.6 is 0 Å². The molecule has 0 spiro atoms. The second kappa shape index (κ2) is 8.97. The van der Waals surface area contributed by atoms with Crippen molar-refractivity contribution in [2.75, 3.05) is 47.5 Å². The van der Waals surface area contributed by atoms with E-state index in [2.05, 4.69) is 5.32 Å². The van der Waals surface area contributed by atoms with Gasteiger partial charge in [-0.25, -0.2) is 22.0 Å². The summed E-state index contributed by atoms with van der Waals surface area (Å²) in [5.74, 6) is -2.03. The van der Waals surface area contributed by atoms with E-state index in [0.717, 1.165) is 0 Å². The molecule has 2 saturated heterocycles. The maximum absolute atomic E-state index is 14.8. The standard InChI is InChI=1S/C22H23F2N3O5S/c1-14(28)25-12-18-13-27(22(29)32-18)17-4-2-15(3-5-17)16-10-19(23)21(20(24)11-16)26-6-8-33(30,31)9-7-26/h2-5,10-11,18H,6-9,12-13H2,1H3,(H,25,28). The van der Waals surface area contributed by atoms with Crippen LogP contribution in [0.25, 0.3) is 11.1 Å². The lowest BCUT2D eigenvalue weighted by atomic mass is 10.0. The maximum atomic E-state index is 14.8. The molecule has 2 aromatic rings. The summed E-state index contributed by atoms with van der Waals surface area (Å²) < 4.78 is 58.0. The van der Waals surface area contributed by atoms with E-state index in [-0.39, 0.29) is 49.3 Å². The Bertz CT molecular complexity index is 1150. The van der Waals surface area contributed by atoms with Gasteiger partial charge < -0.3 is 15.0 Å². The zero-order valence-electron chi connectivity index (χ0n) is 17.9. The third-order valence-electron chi connectivity index (χ3n) is 5.64. The quantitative estimate of drug-likeness (QED) is 0.707. The van der Waals surface area contributed by atoms with Crippen LogP contribution in [0.1, 0.15) is 6.92 Å². The molecule has 2 amide bonds. The highest BCUT2D eigenvalue weighted by Gasteiger charge is 2.32. The summed E-state index contributed by atoms with van der Waals surface area (Å²) in [6.07, 6.45) is -1.01. The first kappa shape index (κ1) is 23.0. The van der Waals surface area contributed by atoms with Crippen molar-refractivity contribution in [3.05, 3.63) is 48.0 Å². The molecule has 0 radical (unpaired) electrons. The SMILES string of the molecule is CC(=O)NCC1CN(c2ccc(-c3cc(F)c(N4CCS(=O)(=O)CC4)c(F)c3)cc2)C(=O)O1. The van der Waals surface area contributed by atoms with Crippen LogP contribution in [0, 0.1) is 11.6 Å². The molecule has 2 aliphatic rings. The molecular weight excluding hydrogens is 456 g/mol. The molecule has 1 N–H and O–H groups in total. The fourth-order valence-corrected chi connectivity index (χ4v) is 5.10. The molecule has 0 saturated carbocycles. The third-order valence-corrected chi connectivity index (χ3v) is 7.25. The maximum Gasteiger partial charge on any atom is 0.414 e. The van der Waals surface area contributed by atoms with Gasteiger partial charge in [0.2, 0.25) is 5.91 Å². The van der Waals surface area contributed by atoms with Crippen LogP contribution in [0.15, 0.2) is 36.4 Å². The van der Waals surface area contributed by atoms with E-state index in [4.69, 9.17) is 4.74 Å². The summed E-state index contributed by atoms with van der Waals surface area (Å²) in [6, 6.07) is 9.01. The number of carbonyl (C=O) groups excluding carboxylic acids is 2. The van der Waals surface area contributed by atoms with E-state index in [1.54, 1.807) is 24.3 Å². The minimum Gasteiger partial charge on any atom is -0.442 e. The number of anilines is 2. The summed E-state index contributed by atoms with van der Waals surface area (Å²) in [5.41, 5.74) is 1.20. The van der Waals surface area contributed by atoms with Gasteiger partial charge >= 0.3 is 6.09 Å². The lowest BCUT2D eigenvalue weighted by Crippen LogP contribution is -2.41. The number of halogens is 2. The van der Waals surface area contributed by atoms with E-state index in [1.807, 2.05) is 0 Å². The first-order valence-corrected chi connectivity index (χ1v) is 12.2. The van der Waals surface area contributed by atoms with Gasteiger partial charge in [-0.1, -0.05) is 12.1 Å². The zero-order valence-corrected chi connectivity index (χ0v) is 18.7. The predicted octanol–water partition coefficient (Wildman–Crippen LogP) is 2.33. The average Bonchev–Trinajstić information content (AvgIpc) is 3.13. The van der Waals surface area contributed by atoms with Gasteiger partial charge in [0.15, 0.2) is 9.84 Å². The van der Waals surface area contributed by atoms with Gasteiger partial charge in [0.05, 0.1) is 24.6 Å². The van der Waals surface area contributed by atoms with Crippen LogP contribution < -0.4 is 15.1 Å². The molecule has 1 unspecified atom stereocenters. The molecule has 2 fully saturated rings. The molecule has 11 heteroatoms. The fraction of sp³-hybridized carbons (Fsp3) is 0.364. The second-order valence-electron chi connectivity index (χ2n) is 8.03. The topological polar surface area (TPSA) is 96.0 Å². The number of cyclic esters (lactones) is 1. The minimum atomic E-state index is -3.17. The van der Waals surface area contributed by atoms with Gasteiger partial charge in [-0.05, 0) is 35.4 Å². The molecule has 33 heavy (non-hydrogen) atoms. The second-order valence-corrected chi connectivity index (χ2v) is 10.3. The number of benzene rings is 2. The van der Waals surface area contributed by atoms with Crippen molar-refractivity contribution in [3.63, 3.8) is 0 Å². The lowest BCUT2D eigenvalue weighted by Gasteiger charge is -2.29. The Balaban J connectivity index is 1.49. The van der Waals surface area contributed by atoms with Crippen LogP contribution in [0.2, 0.25) is 0 Å². The Morgan fingerprint density at radius 3 is 2.27 bits per heavy atom. The Hall–Kier alpha value is -3.21. The largest absolute Gasteiger partial charge is 0.442 e. The van der Waals surface area contributed by atoms with Crippen molar-refractivity contribution in [1.29, 1.82) is 0 Å². The van der Waals surface area contributed by atoms with E-state index in [1.165, 1.54) is 28.9 Å². The Morgan fingerprint density at radius 2 is 1.70 bits per heavy atom. The number of ether oxygens (including phenoxy) is 1. The summed E-state index contributed by atoms with van der Waals surface area (Å²) >= 11 is 0. The number of rotatable bonds is 5. The number of nitrogens with one attached hydrogen (secondary N) is 1. The van der Waals surface area contributed by atoms with Crippen molar-refractivity contribution >= 4 is 33.2 Å². The number of sulfone groups is 1. The van der Waals surface area contributed by atoms with Gasteiger partial charge in [-0.2, -0.15) is 0 Å². The molecule has 0 aliphatic carbocycles. The molecule has 0 aromatic heterocycles. The van der Waals surface area contributed by atoms with E-state index in [0.29, 0.717) is 16.8 Å². The minimum absolute atomic E-state index is 0.0408. The molecule has 2 aromatic carbocycles. The van der Waals surface area contributed by atoms with Gasteiger partial charge in [-0.15, -0.1) is 0 Å². The first-order valence-electron chi connectivity index (χ1n) is 10.4. The molecule has 176 valence electrons. The monoisotopic (exact) mass is 479 g/mol. The number of carbonyl (C=O) groups is 2. The van der Waals surface area contributed by atoms with Crippen LogP contribution in [-0.4, -0.2) is 64.2 Å². The van der Waals surface area contributed by atoms with Crippen molar-refractivity contribution in [2.24, 2.45) is 0 Å². The molecule has 2 heterocycles. The van der Waals surface area contributed by atoms with E-state index >= 15 is 0 Å². The van der Waals surface area contributed by atoms with Crippen LogP contribution in [0.5, 0.6) is 0 Å². The van der Waals surface area contributed by atoms with Gasteiger partial charge in [-0.3, -0.25) is 9.69 Å². The van der Waals surface area contributed by atoms with Gasteiger partial charge in [0.1, 0.15) is 23.4 Å². The van der Waals surface area contributed by atoms with Gasteiger partial charge in [0.25, 0.3) is 0 Å². The van der Waals surface area contributed by atoms with Crippen LogP contribution in [0.3, 0.4) is 0 Å². The summed E-state index contributed by atoms with van der Waals surface area (Å²) in [6.45, 7) is 1.94. The highest BCUT2D eigenvalue weighted by atomic mass is 32.2. The van der Waals surface area contributed by atoms with Crippen LogP contribution in [-0.2, 0) is 19.4 Å². The average molecular weight is 480 g/mol. The number of amides is 2. The molecule has 1 atom stereocenters. The van der Waals surface area contributed by atoms with Crippen molar-refractivity contribution < 1.29 is 31.5 Å². The Labute approximate surface area is 190 Å².